The number of fused-ring (bicyclic) bond motifs is 2. The largest absolute Gasteiger partial charge is 0.319 e. The summed E-state index contributed by atoms with van der Waals surface area (Å²) < 4.78 is 0. The number of hydrogen-bond donors (Lipinski definition) is 1. The van der Waals surface area contributed by atoms with E-state index in [9.17, 15) is 9.59 Å². The lowest BCUT2D eigenvalue weighted by molar-refractivity contribution is -0.118. The Labute approximate surface area is 177 Å². The van der Waals surface area contributed by atoms with Gasteiger partial charge in [0.25, 0.3) is 5.91 Å². The van der Waals surface area contributed by atoms with Crippen LogP contribution in [0.3, 0.4) is 0 Å². The Hall–Kier alpha value is -2.77. The number of para-hydroxylation sites is 1. The molecule has 2 amide bonds. The van der Waals surface area contributed by atoms with Gasteiger partial charge in [0.2, 0.25) is 5.91 Å². The maximum absolute atomic E-state index is 13.2. The number of nitrogens with one attached hydrogen (secondary N) is 1. The van der Waals surface area contributed by atoms with Gasteiger partial charge in [-0.15, -0.1) is 0 Å². The number of carbonyl (C=O) groups excluding carboxylic acids is 2. The quantitative estimate of drug-likeness (QED) is 0.745. The molecule has 2 aliphatic rings. The SMILES string of the molecule is CN1CCN(CCCCCC(=O)N2c3ccccc3C(=O)Nc3cccnc32)CC1. The van der Waals surface area contributed by atoms with Crippen molar-refractivity contribution in [3.05, 3.63) is 48.2 Å². The first kappa shape index (κ1) is 20.5. The van der Waals surface area contributed by atoms with Crippen LogP contribution in [0.5, 0.6) is 0 Å². The lowest BCUT2D eigenvalue weighted by Gasteiger charge is -2.32. The van der Waals surface area contributed by atoms with E-state index in [0.717, 1.165) is 52.0 Å². The fraction of sp³-hybridized carbons (Fsp3) is 0.435. The Morgan fingerprint density at radius 3 is 2.67 bits per heavy atom. The minimum atomic E-state index is -0.220. The third-order valence-electron chi connectivity index (χ3n) is 5.85. The van der Waals surface area contributed by atoms with Gasteiger partial charge in [0.15, 0.2) is 5.82 Å². The summed E-state index contributed by atoms with van der Waals surface area (Å²) in [5.74, 6) is 0.235. The minimum Gasteiger partial charge on any atom is -0.319 e. The number of piperazine rings is 1. The molecule has 7 nitrogen and oxygen atoms in total. The predicted molar refractivity (Wildman–Crippen MR) is 118 cm³/mol. The van der Waals surface area contributed by atoms with Crippen molar-refractivity contribution >= 4 is 29.0 Å². The van der Waals surface area contributed by atoms with E-state index in [-0.39, 0.29) is 11.8 Å². The zero-order chi connectivity index (χ0) is 20.9. The standard InChI is InChI=1S/C23H29N5O2/c1-26-14-16-27(17-15-26)13-6-2-3-11-21(29)28-20-10-5-4-8-18(20)23(30)25-19-9-7-12-24-22(19)28/h4-5,7-10,12H,2-3,6,11,13-17H2,1H3,(H,25,30). The third kappa shape index (κ3) is 4.52. The number of unbranched alkanes of at least 4 members (excludes halogenated alkanes) is 2. The van der Waals surface area contributed by atoms with Crippen molar-refractivity contribution in [3.8, 4) is 0 Å². The first-order chi connectivity index (χ1) is 14.6. The lowest BCUT2D eigenvalue weighted by atomic mass is 10.1. The van der Waals surface area contributed by atoms with Gasteiger partial charge in [0.1, 0.15) is 0 Å². The summed E-state index contributed by atoms with van der Waals surface area (Å²) in [5.41, 5.74) is 1.64. The van der Waals surface area contributed by atoms with Crippen LogP contribution in [-0.2, 0) is 4.79 Å². The smallest absolute Gasteiger partial charge is 0.257 e. The molecule has 1 fully saturated rings. The average Bonchev–Trinajstić information content (AvgIpc) is 2.88. The minimum absolute atomic E-state index is 0.0292. The summed E-state index contributed by atoms with van der Waals surface area (Å²) in [4.78, 5) is 36.7. The first-order valence-corrected chi connectivity index (χ1v) is 10.7. The summed E-state index contributed by atoms with van der Waals surface area (Å²) >= 11 is 0. The summed E-state index contributed by atoms with van der Waals surface area (Å²) in [6, 6.07) is 10.7. The van der Waals surface area contributed by atoms with Gasteiger partial charge in [-0.3, -0.25) is 14.5 Å². The lowest BCUT2D eigenvalue weighted by Crippen LogP contribution is -2.44. The van der Waals surface area contributed by atoms with Crippen LogP contribution in [0, 0.1) is 0 Å². The number of aromatic nitrogens is 1. The number of benzene rings is 1. The Balaban J connectivity index is 1.40. The van der Waals surface area contributed by atoms with Crippen molar-refractivity contribution in [2.24, 2.45) is 0 Å². The Morgan fingerprint density at radius 2 is 1.83 bits per heavy atom. The summed E-state index contributed by atoms with van der Waals surface area (Å²) in [7, 11) is 2.17. The van der Waals surface area contributed by atoms with Crippen LogP contribution < -0.4 is 10.2 Å². The molecule has 7 heteroatoms. The van der Waals surface area contributed by atoms with Crippen molar-refractivity contribution in [3.63, 3.8) is 0 Å². The molecule has 2 aromatic rings. The van der Waals surface area contributed by atoms with E-state index in [0.29, 0.717) is 29.2 Å². The third-order valence-corrected chi connectivity index (χ3v) is 5.85. The number of amides is 2. The van der Waals surface area contributed by atoms with Crippen molar-refractivity contribution in [1.82, 2.24) is 14.8 Å². The van der Waals surface area contributed by atoms with Gasteiger partial charge >= 0.3 is 0 Å². The molecule has 0 aliphatic carbocycles. The van der Waals surface area contributed by atoms with E-state index in [1.807, 2.05) is 18.2 Å². The molecule has 158 valence electrons. The fourth-order valence-electron chi connectivity index (χ4n) is 4.06. The predicted octanol–water partition coefficient (Wildman–Crippen LogP) is 3.12. The van der Waals surface area contributed by atoms with Gasteiger partial charge in [-0.2, -0.15) is 0 Å². The number of hydrogen-bond acceptors (Lipinski definition) is 5. The molecule has 0 unspecified atom stereocenters. The van der Waals surface area contributed by atoms with E-state index >= 15 is 0 Å². The van der Waals surface area contributed by atoms with Crippen molar-refractivity contribution in [2.45, 2.75) is 25.7 Å². The fourth-order valence-corrected chi connectivity index (χ4v) is 4.06. The van der Waals surface area contributed by atoms with Crippen LogP contribution in [0.2, 0.25) is 0 Å². The van der Waals surface area contributed by atoms with Crippen LogP contribution in [0.25, 0.3) is 0 Å². The zero-order valence-electron chi connectivity index (χ0n) is 17.5. The second-order valence-electron chi connectivity index (χ2n) is 8.03. The van der Waals surface area contributed by atoms with Gasteiger partial charge in [0, 0.05) is 38.8 Å². The van der Waals surface area contributed by atoms with Crippen LogP contribution in [0.15, 0.2) is 42.6 Å². The van der Waals surface area contributed by atoms with Gasteiger partial charge in [-0.25, -0.2) is 4.98 Å². The zero-order valence-corrected chi connectivity index (χ0v) is 17.5. The van der Waals surface area contributed by atoms with Gasteiger partial charge in [0.05, 0.1) is 16.9 Å². The molecule has 1 aromatic carbocycles. The van der Waals surface area contributed by atoms with E-state index in [1.165, 1.54) is 0 Å². The number of nitrogens with zero attached hydrogens (tertiary/aromatic N) is 4. The molecule has 1 aromatic heterocycles. The summed E-state index contributed by atoms with van der Waals surface area (Å²) in [5, 5.41) is 2.87. The monoisotopic (exact) mass is 407 g/mol. The highest BCUT2D eigenvalue weighted by molar-refractivity contribution is 6.17. The van der Waals surface area contributed by atoms with Crippen molar-refractivity contribution in [2.75, 3.05) is 50.0 Å². The van der Waals surface area contributed by atoms with E-state index in [2.05, 4.69) is 27.1 Å². The maximum atomic E-state index is 13.2. The molecule has 3 heterocycles. The molecule has 0 radical (unpaired) electrons. The second-order valence-corrected chi connectivity index (χ2v) is 8.03. The first-order valence-electron chi connectivity index (χ1n) is 10.7. The highest BCUT2D eigenvalue weighted by Crippen LogP contribution is 2.36. The summed E-state index contributed by atoms with van der Waals surface area (Å²) in [6.07, 6.45) is 5.02. The molecule has 1 N–H and O–H groups in total. The van der Waals surface area contributed by atoms with Crippen LogP contribution in [0.4, 0.5) is 17.2 Å². The summed E-state index contributed by atoms with van der Waals surface area (Å²) in [6.45, 7) is 5.61. The van der Waals surface area contributed by atoms with E-state index in [1.54, 1.807) is 29.3 Å². The molecule has 30 heavy (non-hydrogen) atoms. The average molecular weight is 408 g/mol. The Bertz CT molecular complexity index is 908. The topological polar surface area (TPSA) is 68.8 Å². The maximum Gasteiger partial charge on any atom is 0.257 e. The highest BCUT2D eigenvalue weighted by Gasteiger charge is 2.29. The van der Waals surface area contributed by atoms with Crippen LogP contribution in [-0.4, -0.2) is 66.4 Å². The van der Waals surface area contributed by atoms with Gasteiger partial charge in [-0.1, -0.05) is 18.6 Å². The second kappa shape index (κ2) is 9.36. The molecule has 0 atom stereocenters. The number of rotatable bonds is 6. The van der Waals surface area contributed by atoms with Crippen molar-refractivity contribution < 1.29 is 9.59 Å². The number of pyridine rings is 1. The number of likely N-dealkylation sites (N-methyl/N-ethyl adjacent to an activating group) is 1. The Morgan fingerprint density at radius 1 is 1.03 bits per heavy atom. The van der Waals surface area contributed by atoms with Crippen molar-refractivity contribution in [1.29, 1.82) is 0 Å². The Kier molecular flexibility index (Phi) is 6.40. The number of anilines is 3. The van der Waals surface area contributed by atoms with Crippen LogP contribution >= 0.6 is 0 Å². The highest BCUT2D eigenvalue weighted by atomic mass is 16.2. The molecule has 4 rings (SSSR count). The number of carbonyl (C=O) groups is 2. The van der Waals surface area contributed by atoms with Gasteiger partial charge in [-0.05, 0) is 50.7 Å². The van der Waals surface area contributed by atoms with E-state index in [4.69, 9.17) is 0 Å². The molecule has 1 saturated heterocycles. The normalized spacial score (nSPS) is 17.1. The molecule has 0 bridgehead atoms. The molecule has 0 saturated carbocycles. The molecular formula is C23H29N5O2. The van der Waals surface area contributed by atoms with Gasteiger partial charge < -0.3 is 15.1 Å². The molecule has 0 spiro atoms. The molecule has 2 aliphatic heterocycles. The van der Waals surface area contributed by atoms with Crippen LogP contribution in [0.1, 0.15) is 36.0 Å². The van der Waals surface area contributed by atoms with E-state index < -0.39 is 0 Å². The molecular weight excluding hydrogens is 378 g/mol.